The summed E-state index contributed by atoms with van der Waals surface area (Å²) in [5.41, 5.74) is 7.12. The number of pyridine rings is 1. The maximum Gasteiger partial charge on any atom is 0.320 e. The number of aliphatic hydroxyl groups is 1. The van der Waals surface area contributed by atoms with Crippen LogP contribution in [0.3, 0.4) is 0 Å². The van der Waals surface area contributed by atoms with E-state index in [0.717, 1.165) is 78.9 Å². The molecule has 5 rings (SSSR count). The van der Waals surface area contributed by atoms with E-state index in [1.54, 1.807) is 24.4 Å². The van der Waals surface area contributed by atoms with Crippen LogP contribution in [-0.2, 0) is 24.6 Å². The average molecular weight is 741 g/mol. The van der Waals surface area contributed by atoms with Gasteiger partial charge in [0.15, 0.2) is 0 Å². The highest BCUT2D eigenvalue weighted by Gasteiger charge is 2.21. The molecule has 280 valence electrons. The number of β-amino-alcohol motifs (C(OH)–C–C–N with tert-alkyl or cyclic N) is 1. The van der Waals surface area contributed by atoms with Crippen molar-refractivity contribution in [2.45, 2.75) is 84.8 Å². The van der Waals surface area contributed by atoms with Gasteiger partial charge in [-0.25, -0.2) is 0 Å². The fourth-order valence-corrected chi connectivity index (χ4v) is 6.78. The minimum Gasteiger partial charge on any atom is -0.493 e. The first-order chi connectivity index (χ1) is 25.7. The van der Waals surface area contributed by atoms with Crippen molar-refractivity contribution in [3.05, 3.63) is 105 Å². The maximum atomic E-state index is 11.9. The van der Waals surface area contributed by atoms with Crippen LogP contribution >= 0.6 is 11.6 Å². The number of aliphatic carboxylic acids is 1. The zero-order valence-electron chi connectivity index (χ0n) is 30.7. The molecule has 11 heteroatoms. The van der Waals surface area contributed by atoms with Crippen molar-refractivity contribution in [3.8, 4) is 34.4 Å². The van der Waals surface area contributed by atoms with E-state index in [9.17, 15) is 20.3 Å². The highest BCUT2D eigenvalue weighted by atomic mass is 35.5. The Morgan fingerprint density at radius 3 is 2.51 bits per heavy atom. The molecule has 0 spiro atoms. The molecule has 1 fully saturated rings. The molecule has 53 heavy (non-hydrogen) atoms. The van der Waals surface area contributed by atoms with Gasteiger partial charge in [0.2, 0.25) is 0 Å². The van der Waals surface area contributed by atoms with Crippen LogP contribution < -0.4 is 19.5 Å². The predicted molar refractivity (Wildman–Crippen MR) is 205 cm³/mol. The van der Waals surface area contributed by atoms with Gasteiger partial charge in [-0.3, -0.25) is 9.78 Å². The summed E-state index contributed by atoms with van der Waals surface area (Å²) < 4.78 is 18.8. The Labute approximate surface area is 317 Å². The van der Waals surface area contributed by atoms with Gasteiger partial charge in [0.1, 0.15) is 42.6 Å². The first kappa shape index (κ1) is 39.5. The summed E-state index contributed by atoms with van der Waals surface area (Å²) in [5.74, 6) is 0.854. The maximum absolute atomic E-state index is 11.9. The number of hydrogen-bond donors (Lipinski definition) is 3. The van der Waals surface area contributed by atoms with E-state index in [1.807, 2.05) is 31.2 Å². The monoisotopic (exact) mass is 740 g/mol. The largest absolute Gasteiger partial charge is 0.493 e. The molecule has 1 aliphatic heterocycles. The van der Waals surface area contributed by atoms with Gasteiger partial charge in [0, 0.05) is 55.8 Å². The van der Waals surface area contributed by atoms with Gasteiger partial charge in [-0.15, -0.1) is 0 Å². The quantitative estimate of drug-likeness (QED) is 0.0824. The number of rotatable bonds is 19. The molecule has 0 unspecified atom stereocenters. The van der Waals surface area contributed by atoms with Gasteiger partial charge < -0.3 is 34.6 Å². The third-order valence-corrected chi connectivity index (χ3v) is 9.94. The van der Waals surface area contributed by atoms with E-state index in [2.05, 4.69) is 47.3 Å². The highest BCUT2D eigenvalue weighted by Crippen LogP contribution is 2.36. The average Bonchev–Trinajstić information content (AvgIpc) is 3.58. The lowest BCUT2D eigenvalue weighted by Gasteiger charge is -2.19. The van der Waals surface area contributed by atoms with E-state index in [-0.39, 0.29) is 25.9 Å². The number of nitriles is 1. The van der Waals surface area contributed by atoms with Crippen LogP contribution in [0.2, 0.25) is 5.02 Å². The number of likely N-dealkylation sites (tertiary alicyclic amines) is 1. The standard InChI is InChI=1S/C42H49ClN4O6/c1-4-5-12-38(42(49)50)46-24-33-19-37(43)41(20-40(33)52-26-31-18-30(21-44)22-45-23-31)53-27-32-9-6-10-35(28(32)2)36-11-7-13-39(29(36)3)51-17-8-15-47-16-14-34(48)25-47/h6-7,9-11,13,18-20,22-23,34,38,46,48H,4-5,8,12,14-17,24-27H2,1-3H3,(H,49,50)/t34-,38+/m1/s1. The third kappa shape index (κ3) is 10.9. The second-order valence-corrected chi connectivity index (χ2v) is 13.9. The molecule has 1 aromatic heterocycles. The lowest BCUT2D eigenvalue weighted by Crippen LogP contribution is -2.36. The molecule has 1 saturated heterocycles. The van der Waals surface area contributed by atoms with Crippen LogP contribution in [-0.4, -0.2) is 64.5 Å². The first-order valence-electron chi connectivity index (χ1n) is 18.3. The van der Waals surface area contributed by atoms with Crippen molar-refractivity contribution in [2.75, 3.05) is 26.2 Å². The number of benzene rings is 3. The number of nitrogens with one attached hydrogen (secondary N) is 1. The lowest BCUT2D eigenvalue weighted by molar-refractivity contribution is -0.139. The number of hydrogen-bond acceptors (Lipinski definition) is 9. The van der Waals surface area contributed by atoms with Crippen LogP contribution in [0, 0.1) is 25.2 Å². The SMILES string of the molecule is CCCC[C@H](NCc1cc(Cl)c(OCc2cccc(-c3cccc(OCCCN4CC[C@@H](O)C4)c3C)c2C)cc1OCc1cncc(C#N)c1)C(=O)O. The van der Waals surface area contributed by atoms with Crippen LogP contribution in [0.4, 0.5) is 0 Å². The zero-order valence-corrected chi connectivity index (χ0v) is 31.5. The molecule has 3 aromatic carbocycles. The molecule has 0 amide bonds. The second-order valence-electron chi connectivity index (χ2n) is 13.5. The molecular formula is C42H49ClN4O6. The smallest absolute Gasteiger partial charge is 0.320 e. The van der Waals surface area contributed by atoms with E-state index in [1.165, 1.54) is 6.20 Å². The molecule has 2 heterocycles. The van der Waals surface area contributed by atoms with Gasteiger partial charge in [0.25, 0.3) is 0 Å². The van der Waals surface area contributed by atoms with Gasteiger partial charge >= 0.3 is 5.97 Å². The summed E-state index contributed by atoms with van der Waals surface area (Å²) >= 11 is 6.79. The minimum absolute atomic E-state index is 0.140. The molecular weight excluding hydrogens is 692 g/mol. The Morgan fingerprint density at radius 1 is 1.00 bits per heavy atom. The third-order valence-electron chi connectivity index (χ3n) is 9.64. The first-order valence-corrected chi connectivity index (χ1v) is 18.6. The second kappa shape index (κ2) is 19.4. The van der Waals surface area contributed by atoms with Crippen molar-refractivity contribution < 1.29 is 29.2 Å². The van der Waals surface area contributed by atoms with Crippen LogP contribution in [0.1, 0.15) is 72.4 Å². The summed E-state index contributed by atoms with van der Waals surface area (Å²) in [6.07, 6.45) is 6.83. The molecule has 0 bridgehead atoms. The number of halogens is 1. The Bertz CT molecular complexity index is 1900. The van der Waals surface area contributed by atoms with Crippen LogP contribution in [0.15, 0.2) is 67.0 Å². The molecule has 0 saturated carbocycles. The molecule has 2 atom stereocenters. The van der Waals surface area contributed by atoms with E-state index in [4.69, 9.17) is 25.8 Å². The summed E-state index contributed by atoms with van der Waals surface area (Å²) in [5, 5.41) is 32.4. The summed E-state index contributed by atoms with van der Waals surface area (Å²) in [6, 6.07) is 18.9. The van der Waals surface area contributed by atoms with Crippen molar-refractivity contribution in [1.29, 1.82) is 5.26 Å². The van der Waals surface area contributed by atoms with Gasteiger partial charge in [-0.1, -0.05) is 61.7 Å². The summed E-state index contributed by atoms with van der Waals surface area (Å²) in [6.45, 7) is 9.99. The number of aromatic nitrogens is 1. The van der Waals surface area contributed by atoms with Crippen molar-refractivity contribution >= 4 is 17.6 Å². The number of carboxylic acids is 1. The summed E-state index contributed by atoms with van der Waals surface area (Å²) in [4.78, 5) is 18.3. The number of nitrogens with zero attached hydrogens (tertiary/aromatic N) is 3. The Kier molecular flexibility index (Phi) is 14.5. The number of ether oxygens (including phenoxy) is 3. The lowest BCUT2D eigenvalue weighted by atomic mass is 9.93. The Morgan fingerprint density at radius 2 is 1.77 bits per heavy atom. The van der Waals surface area contributed by atoms with Crippen LogP contribution in [0.25, 0.3) is 11.1 Å². The van der Waals surface area contributed by atoms with Crippen molar-refractivity contribution in [2.24, 2.45) is 0 Å². The molecule has 3 N–H and O–H groups in total. The fraction of sp³-hybridized carbons (Fsp3) is 0.405. The molecule has 10 nitrogen and oxygen atoms in total. The number of unbranched alkanes of at least 4 members (excludes halogenated alkanes) is 1. The van der Waals surface area contributed by atoms with E-state index >= 15 is 0 Å². The summed E-state index contributed by atoms with van der Waals surface area (Å²) in [7, 11) is 0. The number of carboxylic acid groups (broad SMARTS) is 1. The fourth-order valence-electron chi connectivity index (χ4n) is 6.54. The van der Waals surface area contributed by atoms with Crippen LogP contribution in [0.5, 0.6) is 17.2 Å². The Balaban J connectivity index is 1.31. The Hall–Kier alpha value is -4.66. The molecule has 0 aliphatic carbocycles. The molecule has 1 aliphatic rings. The molecule has 4 aromatic rings. The number of carbonyl (C=O) groups is 1. The zero-order chi connectivity index (χ0) is 37.7. The predicted octanol–water partition coefficient (Wildman–Crippen LogP) is 7.62. The van der Waals surface area contributed by atoms with Gasteiger partial charge in [-0.2, -0.15) is 5.26 Å². The van der Waals surface area contributed by atoms with E-state index < -0.39 is 12.0 Å². The van der Waals surface area contributed by atoms with Crippen molar-refractivity contribution in [1.82, 2.24) is 15.2 Å². The highest BCUT2D eigenvalue weighted by molar-refractivity contribution is 6.32. The minimum atomic E-state index is -0.909. The van der Waals surface area contributed by atoms with E-state index in [0.29, 0.717) is 46.2 Å². The van der Waals surface area contributed by atoms with Gasteiger partial charge in [-0.05, 0) is 79.1 Å². The van der Waals surface area contributed by atoms with Gasteiger partial charge in [0.05, 0.1) is 23.3 Å². The topological polar surface area (TPSA) is 137 Å². The number of aliphatic hydroxyl groups excluding tert-OH is 1. The molecule has 0 radical (unpaired) electrons. The van der Waals surface area contributed by atoms with Crippen molar-refractivity contribution in [3.63, 3.8) is 0 Å². The normalized spacial score (nSPS) is 14.8.